The van der Waals surface area contributed by atoms with Crippen molar-refractivity contribution in [1.82, 2.24) is 0 Å². The van der Waals surface area contributed by atoms with E-state index >= 15 is 0 Å². The standard InChI is InChI=1S/C7H8BrFN2OS/c1-13(10,12)11-7-3-5(8)2-6(9)4-7/h2-4H,1H3,(H2,10,11,12). The van der Waals surface area contributed by atoms with E-state index in [-0.39, 0.29) is 0 Å². The fraction of sp³-hybridized carbons (Fsp3) is 0.143. The Hall–Kier alpha value is -0.620. The molecule has 1 atom stereocenters. The molecule has 0 heterocycles. The molecule has 1 unspecified atom stereocenters. The zero-order chi connectivity index (χ0) is 10.1. The highest BCUT2D eigenvalue weighted by atomic mass is 79.9. The monoisotopic (exact) mass is 266 g/mol. The summed E-state index contributed by atoms with van der Waals surface area (Å²) < 4.78 is 33.8. The molecule has 1 aromatic carbocycles. The first-order chi connectivity index (χ1) is 5.87. The van der Waals surface area contributed by atoms with E-state index in [1.165, 1.54) is 18.4 Å². The molecule has 72 valence electrons. The lowest BCUT2D eigenvalue weighted by Crippen LogP contribution is -2.07. The van der Waals surface area contributed by atoms with Crippen LogP contribution in [0, 0.1) is 10.6 Å². The summed E-state index contributed by atoms with van der Waals surface area (Å²) in [7, 11) is -2.85. The Morgan fingerprint density at radius 2 is 2.15 bits per heavy atom. The number of hydrogen-bond acceptors (Lipinski definition) is 2. The second-order valence-corrected chi connectivity index (χ2v) is 5.41. The summed E-state index contributed by atoms with van der Waals surface area (Å²) in [5.41, 5.74) is 0.328. The van der Waals surface area contributed by atoms with Gasteiger partial charge in [-0.3, -0.25) is 4.72 Å². The fourth-order valence-corrected chi connectivity index (χ4v) is 1.87. The van der Waals surface area contributed by atoms with Crippen LogP contribution in [0.1, 0.15) is 0 Å². The van der Waals surface area contributed by atoms with E-state index < -0.39 is 15.7 Å². The molecule has 6 heteroatoms. The Kier molecular flexibility index (Phi) is 2.92. The van der Waals surface area contributed by atoms with Gasteiger partial charge in [-0.15, -0.1) is 0 Å². The van der Waals surface area contributed by atoms with Crippen LogP contribution < -0.4 is 4.72 Å². The summed E-state index contributed by atoms with van der Waals surface area (Å²) in [6.45, 7) is 0. The van der Waals surface area contributed by atoms with E-state index in [0.29, 0.717) is 10.2 Å². The van der Waals surface area contributed by atoms with Gasteiger partial charge in [0.15, 0.2) is 0 Å². The summed E-state index contributed by atoms with van der Waals surface area (Å²) in [6, 6.07) is 4.02. The maximum absolute atomic E-state index is 12.8. The zero-order valence-corrected chi connectivity index (χ0v) is 9.21. The predicted molar refractivity (Wildman–Crippen MR) is 54.5 cm³/mol. The van der Waals surface area contributed by atoms with Crippen LogP contribution in [-0.4, -0.2) is 10.5 Å². The number of halogens is 2. The quantitative estimate of drug-likeness (QED) is 0.850. The van der Waals surface area contributed by atoms with Crippen molar-refractivity contribution >= 4 is 31.5 Å². The summed E-state index contributed by atoms with van der Waals surface area (Å²) in [5.74, 6) is -0.444. The number of anilines is 1. The van der Waals surface area contributed by atoms with E-state index in [0.717, 1.165) is 0 Å². The summed E-state index contributed by atoms with van der Waals surface area (Å²) in [4.78, 5) is 0. The Morgan fingerprint density at radius 3 is 2.62 bits per heavy atom. The Morgan fingerprint density at radius 1 is 1.54 bits per heavy atom. The molecule has 2 N–H and O–H groups in total. The maximum Gasteiger partial charge on any atom is 0.126 e. The molecule has 3 nitrogen and oxygen atoms in total. The predicted octanol–water partition coefficient (Wildman–Crippen LogP) is 2.59. The average Bonchev–Trinajstić information content (AvgIpc) is 1.78. The molecule has 0 fully saturated rings. The molecule has 1 aromatic rings. The molecular formula is C7H8BrFN2OS. The highest BCUT2D eigenvalue weighted by Gasteiger charge is 2.01. The second kappa shape index (κ2) is 3.63. The van der Waals surface area contributed by atoms with Gasteiger partial charge >= 0.3 is 0 Å². The van der Waals surface area contributed by atoms with Gasteiger partial charge in [0.25, 0.3) is 0 Å². The molecule has 0 aromatic heterocycles. The number of rotatable bonds is 2. The number of hydrogen-bond donors (Lipinski definition) is 2. The van der Waals surface area contributed by atoms with Gasteiger partial charge in [-0.25, -0.2) is 13.4 Å². The van der Waals surface area contributed by atoms with Crippen molar-refractivity contribution in [1.29, 1.82) is 4.78 Å². The third-order valence-corrected chi connectivity index (χ3v) is 2.26. The molecule has 0 radical (unpaired) electrons. The third kappa shape index (κ3) is 3.73. The molecular weight excluding hydrogens is 259 g/mol. The van der Waals surface area contributed by atoms with Gasteiger partial charge < -0.3 is 0 Å². The Bertz CT molecular complexity index is 398. The molecule has 1 rings (SSSR count). The van der Waals surface area contributed by atoms with E-state index in [4.69, 9.17) is 4.78 Å². The SMILES string of the molecule is CS(=N)(=O)Nc1cc(F)cc(Br)c1. The third-order valence-electron chi connectivity index (χ3n) is 1.18. The van der Waals surface area contributed by atoms with Gasteiger partial charge in [-0.05, 0) is 18.2 Å². The van der Waals surface area contributed by atoms with Gasteiger partial charge in [-0.1, -0.05) is 15.9 Å². The van der Waals surface area contributed by atoms with Gasteiger partial charge in [0.05, 0.1) is 5.69 Å². The second-order valence-electron chi connectivity index (χ2n) is 2.60. The molecule has 0 saturated heterocycles. The van der Waals surface area contributed by atoms with Crippen molar-refractivity contribution in [3.8, 4) is 0 Å². The van der Waals surface area contributed by atoms with Gasteiger partial charge in [-0.2, -0.15) is 0 Å². The van der Waals surface area contributed by atoms with E-state index in [1.54, 1.807) is 6.07 Å². The van der Waals surface area contributed by atoms with Crippen LogP contribution >= 0.6 is 15.9 Å². The summed E-state index contributed by atoms with van der Waals surface area (Å²) in [5, 5.41) is 0. The van der Waals surface area contributed by atoms with Crippen LogP contribution in [0.4, 0.5) is 10.1 Å². The number of benzene rings is 1. The van der Waals surface area contributed by atoms with Crippen molar-refractivity contribution < 1.29 is 8.60 Å². The van der Waals surface area contributed by atoms with Crippen molar-refractivity contribution in [2.45, 2.75) is 0 Å². The van der Waals surface area contributed by atoms with E-state index in [9.17, 15) is 8.60 Å². The number of nitrogens with one attached hydrogen (secondary N) is 2. The first kappa shape index (κ1) is 10.5. The lowest BCUT2D eigenvalue weighted by atomic mass is 10.3. The van der Waals surface area contributed by atoms with Gasteiger partial charge in [0.1, 0.15) is 15.7 Å². The van der Waals surface area contributed by atoms with Gasteiger partial charge in [0, 0.05) is 10.7 Å². The van der Waals surface area contributed by atoms with Crippen molar-refractivity contribution in [3.05, 3.63) is 28.5 Å². The van der Waals surface area contributed by atoms with Crippen LogP contribution in [0.5, 0.6) is 0 Å². The molecule has 0 bridgehead atoms. The normalized spacial score (nSPS) is 15.0. The molecule has 0 saturated carbocycles. The van der Waals surface area contributed by atoms with Crippen LogP contribution in [0.15, 0.2) is 22.7 Å². The molecule has 0 aliphatic rings. The van der Waals surface area contributed by atoms with E-state index in [2.05, 4.69) is 20.7 Å². The smallest absolute Gasteiger partial charge is 0.126 e. The lowest BCUT2D eigenvalue weighted by Gasteiger charge is -2.06. The lowest BCUT2D eigenvalue weighted by molar-refractivity contribution is 0.627. The van der Waals surface area contributed by atoms with Crippen LogP contribution in [-0.2, 0) is 9.92 Å². The van der Waals surface area contributed by atoms with Crippen LogP contribution in [0.25, 0.3) is 0 Å². The first-order valence-corrected chi connectivity index (χ1v) is 6.10. The Labute approximate surface area is 84.6 Å². The topological polar surface area (TPSA) is 53.0 Å². The van der Waals surface area contributed by atoms with Crippen LogP contribution in [0.2, 0.25) is 0 Å². The van der Waals surface area contributed by atoms with Crippen molar-refractivity contribution in [3.63, 3.8) is 0 Å². The average molecular weight is 267 g/mol. The van der Waals surface area contributed by atoms with Crippen LogP contribution in [0.3, 0.4) is 0 Å². The van der Waals surface area contributed by atoms with Gasteiger partial charge in [0.2, 0.25) is 0 Å². The molecule has 13 heavy (non-hydrogen) atoms. The minimum absolute atomic E-state index is 0.328. The summed E-state index contributed by atoms with van der Waals surface area (Å²) >= 11 is 3.09. The largest absolute Gasteiger partial charge is 0.299 e. The first-order valence-electron chi connectivity index (χ1n) is 3.34. The zero-order valence-electron chi connectivity index (χ0n) is 6.80. The molecule has 0 amide bonds. The van der Waals surface area contributed by atoms with Crippen molar-refractivity contribution in [2.75, 3.05) is 11.0 Å². The maximum atomic E-state index is 12.8. The minimum Gasteiger partial charge on any atom is -0.299 e. The molecule has 0 spiro atoms. The minimum atomic E-state index is -2.85. The summed E-state index contributed by atoms with van der Waals surface area (Å²) in [6.07, 6.45) is 1.23. The van der Waals surface area contributed by atoms with Crippen molar-refractivity contribution in [2.24, 2.45) is 0 Å². The van der Waals surface area contributed by atoms with E-state index in [1.807, 2.05) is 0 Å². The Balaban J connectivity index is 3.03. The highest BCUT2D eigenvalue weighted by molar-refractivity contribution is 9.10. The fourth-order valence-electron chi connectivity index (χ4n) is 0.838. The molecule has 0 aliphatic heterocycles. The highest BCUT2D eigenvalue weighted by Crippen LogP contribution is 2.19. The molecule has 0 aliphatic carbocycles.